The Morgan fingerprint density at radius 3 is 2.36 bits per heavy atom. The second-order valence-electron chi connectivity index (χ2n) is 10.8. The molecule has 39 heavy (non-hydrogen) atoms. The summed E-state index contributed by atoms with van der Waals surface area (Å²) >= 11 is 0. The van der Waals surface area contributed by atoms with E-state index in [4.69, 9.17) is 4.74 Å². The number of hydrogen-bond acceptors (Lipinski definition) is 5. The highest BCUT2D eigenvalue weighted by Gasteiger charge is 2.35. The number of rotatable bonds is 7. The predicted octanol–water partition coefficient (Wildman–Crippen LogP) is 4.41. The van der Waals surface area contributed by atoms with E-state index in [0.29, 0.717) is 25.7 Å². The number of hydrogen-bond donors (Lipinski definition) is 3. The quantitative estimate of drug-likeness (QED) is 0.362. The summed E-state index contributed by atoms with van der Waals surface area (Å²) in [6.07, 6.45) is 9.04. The fraction of sp³-hybridized carbons (Fsp3) is 0.469. The number of esters is 1. The summed E-state index contributed by atoms with van der Waals surface area (Å²) in [5.41, 5.74) is 1.30. The van der Waals surface area contributed by atoms with Gasteiger partial charge in [0.1, 0.15) is 6.10 Å². The maximum absolute atomic E-state index is 13.4. The summed E-state index contributed by atoms with van der Waals surface area (Å²) in [5.74, 6) is -1.64. The number of amides is 2. The second kappa shape index (κ2) is 14.1. The number of allylic oxidation sites excluding steroid dienone is 2. The van der Waals surface area contributed by atoms with Crippen LogP contribution in [0.25, 0.3) is 0 Å². The number of carbonyl (C=O) groups is 3. The van der Waals surface area contributed by atoms with E-state index in [2.05, 4.69) is 10.6 Å². The van der Waals surface area contributed by atoms with Gasteiger partial charge in [0.15, 0.2) is 0 Å². The molecule has 0 spiro atoms. The van der Waals surface area contributed by atoms with Gasteiger partial charge in [-0.1, -0.05) is 85.7 Å². The summed E-state index contributed by atoms with van der Waals surface area (Å²) in [4.78, 5) is 39.6. The summed E-state index contributed by atoms with van der Waals surface area (Å²) in [6, 6.07) is 19.3. The highest BCUT2D eigenvalue weighted by atomic mass is 16.5. The maximum atomic E-state index is 13.4. The van der Waals surface area contributed by atoms with Gasteiger partial charge in [0.25, 0.3) is 0 Å². The number of nitrogens with one attached hydrogen (secondary N) is 2. The van der Waals surface area contributed by atoms with E-state index in [1.54, 1.807) is 0 Å². The first-order valence-corrected chi connectivity index (χ1v) is 14.1. The Labute approximate surface area is 231 Å². The first kappa shape index (κ1) is 28.6. The van der Waals surface area contributed by atoms with E-state index >= 15 is 0 Å². The first-order valence-electron chi connectivity index (χ1n) is 14.1. The van der Waals surface area contributed by atoms with Crippen LogP contribution in [-0.4, -0.2) is 41.6 Å². The van der Waals surface area contributed by atoms with Gasteiger partial charge < -0.3 is 20.5 Å². The van der Waals surface area contributed by atoms with Crippen LogP contribution >= 0.6 is 0 Å². The standard InChI is InChI=1S/C32H40N2O5/c35-23-32(18-10-11-19-32)34-29(36)21-26-16-8-3-9-17-27(20-24-12-4-1-5-13-24)31(38)39-28(22-33-30(26)37)25-14-6-2-7-15-25/h1-8,12-15,26-28,35H,9-11,16-23H2,(H,33,37)(H,34,36)/t26-,27-,28+/m1/s1. The number of aliphatic hydroxyl groups excluding tert-OH is 1. The maximum Gasteiger partial charge on any atom is 0.309 e. The molecule has 0 aromatic heterocycles. The zero-order valence-corrected chi connectivity index (χ0v) is 22.5. The van der Waals surface area contributed by atoms with E-state index in [-0.39, 0.29) is 43.3 Å². The summed E-state index contributed by atoms with van der Waals surface area (Å²) in [7, 11) is 0. The molecular weight excluding hydrogens is 492 g/mol. The van der Waals surface area contributed by atoms with Gasteiger partial charge in [-0.2, -0.15) is 0 Å². The average Bonchev–Trinajstić information content (AvgIpc) is 3.43. The molecule has 7 nitrogen and oxygen atoms in total. The molecule has 2 amide bonds. The van der Waals surface area contributed by atoms with Crippen molar-refractivity contribution in [1.82, 2.24) is 10.6 Å². The molecule has 1 heterocycles. The Bertz CT molecular complexity index is 1110. The molecule has 0 radical (unpaired) electrons. The minimum atomic E-state index is -0.639. The van der Waals surface area contributed by atoms with E-state index < -0.39 is 17.6 Å². The highest BCUT2D eigenvalue weighted by molar-refractivity contribution is 5.86. The van der Waals surface area contributed by atoms with Gasteiger partial charge in [-0.25, -0.2) is 0 Å². The number of benzene rings is 2. The van der Waals surface area contributed by atoms with Crippen LogP contribution in [0, 0.1) is 11.8 Å². The van der Waals surface area contributed by atoms with Crippen molar-refractivity contribution in [2.75, 3.05) is 13.2 Å². The van der Waals surface area contributed by atoms with E-state index in [0.717, 1.165) is 36.8 Å². The van der Waals surface area contributed by atoms with E-state index in [9.17, 15) is 19.5 Å². The molecule has 2 aromatic rings. The predicted molar refractivity (Wildman–Crippen MR) is 149 cm³/mol. The fourth-order valence-corrected chi connectivity index (χ4v) is 5.57. The van der Waals surface area contributed by atoms with Crippen molar-refractivity contribution in [1.29, 1.82) is 0 Å². The van der Waals surface area contributed by atoms with Crippen LogP contribution in [0.1, 0.15) is 68.6 Å². The summed E-state index contributed by atoms with van der Waals surface area (Å²) < 4.78 is 6.03. The fourth-order valence-electron chi connectivity index (χ4n) is 5.57. The Kier molecular flexibility index (Phi) is 10.3. The monoisotopic (exact) mass is 532 g/mol. The topological polar surface area (TPSA) is 105 Å². The number of cyclic esters (lactones) is 1. The van der Waals surface area contributed by atoms with Crippen molar-refractivity contribution in [2.45, 2.75) is 69.4 Å². The molecule has 7 heteroatoms. The van der Waals surface area contributed by atoms with Gasteiger partial charge in [-0.05, 0) is 49.7 Å². The molecular formula is C32H40N2O5. The molecule has 0 saturated heterocycles. The van der Waals surface area contributed by atoms with E-state index in [1.165, 1.54) is 0 Å². The minimum Gasteiger partial charge on any atom is -0.455 e. The lowest BCUT2D eigenvalue weighted by atomic mass is 9.94. The number of ether oxygens (including phenoxy) is 1. The van der Waals surface area contributed by atoms with Crippen molar-refractivity contribution in [3.05, 3.63) is 83.9 Å². The zero-order valence-electron chi connectivity index (χ0n) is 22.5. The smallest absolute Gasteiger partial charge is 0.309 e. The summed E-state index contributed by atoms with van der Waals surface area (Å²) in [5, 5.41) is 15.8. The van der Waals surface area contributed by atoms with Crippen molar-refractivity contribution < 1.29 is 24.2 Å². The molecule has 2 aromatic carbocycles. The van der Waals surface area contributed by atoms with Gasteiger partial charge in [-0.15, -0.1) is 0 Å². The molecule has 0 bridgehead atoms. The van der Waals surface area contributed by atoms with Crippen LogP contribution in [-0.2, 0) is 25.5 Å². The molecule has 1 fully saturated rings. The van der Waals surface area contributed by atoms with Crippen molar-refractivity contribution >= 4 is 17.8 Å². The SMILES string of the molecule is O=C(C[C@H]1CC=CCC[C@H](Cc2ccccc2)C(=O)O[C@H](c2ccccc2)CNC1=O)NC1(CO)CCCC1. The average molecular weight is 533 g/mol. The van der Waals surface area contributed by atoms with Gasteiger partial charge in [-0.3, -0.25) is 14.4 Å². The molecule has 2 aliphatic rings. The van der Waals surface area contributed by atoms with Gasteiger partial charge in [0, 0.05) is 6.42 Å². The lowest BCUT2D eigenvalue weighted by molar-refractivity contribution is -0.155. The Balaban J connectivity index is 1.50. The van der Waals surface area contributed by atoms with Crippen LogP contribution in [0.3, 0.4) is 0 Å². The van der Waals surface area contributed by atoms with Crippen molar-refractivity contribution in [3.63, 3.8) is 0 Å². The molecule has 208 valence electrons. The van der Waals surface area contributed by atoms with Crippen LogP contribution in [0.4, 0.5) is 0 Å². The molecule has 1 saturated carbocycles. The van der Waals surface area contributed by atoms with Crippen molar-refractivity contribution in [3.8, 4) is 0 Å². The largest absolute Gasteiger partial charge is 0.455 e. The van der Waals surface area contributed by atoms with Crippen LogP contribution in [0.15, 0.2) is 72.8 Å². The molecule has 3 N–H and O–H groups in total. The highest BCUT2D eigenvalue weighted by Crippen LogP contribution is 2.30. The molecule has 4 rings (SSSR count). The Morgan fingerprint density at radius 2 is 1.67 bits per heavy atom. The molecule has 0 unspecified atom stereocenters. The van der Waals surface area contributed by atoms with E-state index in [1.807, 2.05) is 72.8 Å². The van der Waals surface area contributed by atoms with Crippen LogP contribution in [0.2, 0.25) is 0 Å². The third-order valence-corrected chi connectivity index (χ3v) is 7.89. The third-order valence-electron chi connectivity index (χ3n) is 7.89. The van der Waals surface area contributed by atoms with Crippen molar-refractivity contribution in [2.24, 2.45) is 11.8 Å². The van der Waals surface area contributed by atoms with Crippen LogP contribution in [0.5, 0.6) is 0 Å². The Morgan fingerprint density at radius 1 is 0.974 bits per heavy atom. The molecule has 3 atom stereocenters. The second-order valence-corrected chi connectivity index (χ2v) is 10.8. The minimum absolute atomic E-state index is 0.0321. The first-order chi connectivity index (χ1) is 19.0. The lowest BCUT2D eigenvalue weighted by Crippen LogP contribution is -2.50. The van der Waals surface area contributed by atoms with Crippen LogP contribution < -0.4 is 10.6 Å². The molecule has 1 aliphatic carbocycles. The number of aliphatic hydroxyl groups is 1. The summed E-state index contributed by atoms with van der Waals surface area (Å²) in [6.45, 7) is 0.0266. The zero-order chi connectivity index (χ0) is 27.5. The lowest BCUT2D eigenvalue weighted by Gasteiger charge is -2.29. The van der Waals surface area contributed by atoms with Gasteiger partial charge in [0.2, 0.25) is 11.8 Å². The van der Waals surface area contributed by atoms with Gasteiger partial charge >= 0.3 is 5.97 Å². The molecule has 1 aliphatic heterocycles. The third kappa shape index (κ3) is 8.27. The van der Waals surface area contributed by atoms with Gasteiger partial charge in [0.05, 0.1) is 30.5 Å². The number of carbonyl (C=O) groups excluding carboxylic acids is 3. The normalized spacial score (nSPS) is 24.0. The Hall–Kier alpha value is -3.45.